The summed E-state index contributed by atoms with van der Waals surface area (Å²) in [6.45, 7) is 6.33. The van der Waals surface area contributed by atoms with E-state index in [1.165, 1.54) is 0 Å². The third-order valence-electron chi connectivity index (χ3n) is 5.11. The molecule has 1 fully saturated rings. The van der Waals surface area contributed by atoms with Gasteiger partial charge in [-0.2, -0.15) is 0 Å². The van der Waals surface area contributed by atoms with Gasteiger partial charge in [-0.15, -0.1) is 0 Å². The van der Waals surface area contributed by atoms with Crippen molar-refractivity contribution in [2.75, 3.05) is 25.5 Å². The summed E-state index contributed by atoms with van der Waals surface area (Å²) < 4.78 is 5.28. The fourth-order valence-corrected chi connectivity index (χ4v) is 3.48. The van der Waals surface area contributed by atoms with Gasteiger partial charge < -0.3 is 15.0 Å². The minimum Gasteiger partial charge on any atom is -0.497 e. The highest BCUT2D eigenvalue weighted by Gasteiger charge is 2.26. The van der Waals surface area contributed by atoms with Crippen molar-refractivity contribution in [1.82, 2.24) is 4.90 Å². The van der Waals surface area contributed by atoms with Crippen LogP contribution in [0.4, 0.5) is 5.69 Å². The van der Waals surface area contributed by atoms with Gasteiger partial charge in [0.05, 0.1) is 13.0 Å². The molecule has 4 nitrogen and oxygen atoms in total. The van der Waals surface area contributed by atoms with Crippen LogP contribution in [0.15, 0.2) is 48.5 Å². The summed E-state index contributed by atoms with van der Waals surface area (Å²) in [6.07, 6.45) is 2.06. The number of nitrogens with one attached hydrogen (secondary N) is 1. The fraction of sp³-hybridized carbons (Fsp3) is 0.409. The minimum atomic E-state index is 0.0733. The van der Waals surface area contributed by atoms with Gasteiger partial charge in [-0.25, -0.2) is 0 Å². The second-order valence-corrected chi connectivity index (χ2v) is 7.23. The van der Waals surface area contributed by atoms with Crippen LogP contribution in [0.25, 0.3) is 11.1 Å². The molecule has 0 bridgehead atoms. The van der Waals surface area contributed by atoms with Crippen molar-refractivity contribution in [2.45, 2.75) is 32.7 Å². The van der Waals surface area contributed by atoms with E-state index in [-0.39, 0.29) is 11.8 Å². The van der Waals surface area contributed by atoms with Crippen molar-refractivity contribution in [2.24, 2.45) is 5.92 Å². The van der Waals surface area contributed by atoms with E-state index in [0.29, 0.717) is 6.04 Å². The van der Waals surface area contributed by atoms with E-state index in [0.717, 1.165) is 48.5 Å². The number of amides is 1. The summed E-state index contributed by atoms with van der Waals surface area (Å²) in [5, 5.41) is 3.08. The first-order valence-corrected chi connectivity index (χ1v) is 9.36. The summed E-state index contributed by atoms with van der Waals surface area (Å²) in [6, 6.07) is 16.5. The number of rotatable bonds is 5. The third-order valence-corrected chi connectivity index (χ3v) is 5.11. The number of carbonyl (C=O) groups is 1. The molecule has 1 saturated heterocycles. The maximum atomic E-state index is 12.6. The van der Waals surface area contributed by atoms with Crippen LogP contribution in [0, 0.1) is 5.92 Å². The lowest BCUT2D eigenvalue weighted by Crippen LogP contribution is -2.43. The molecule has 1 N–H and O–H groups in total. The van der Waals surface area contributed by atoms with E-state index in [1.807, 2.05) is 42.5 Å². The van der Waals surface area contributed by atoms with Crippen LogP contribution >= 0.6 is 0 Å². The van der Waals surface area contributed by atoms with Gasteiger partial charge in [0.25, 0.3) is 0 Å². The quantitative estimate of drug-likeness (QED) is 0.866. The Bertz CT molecular complexity index is 740. The average Bonchev–Trinajstić information content (AvgIpc) is 2.68. The maximum Gasteiger partial charge on any atom is 0.228 e. The van der Waals surface area contributed by atoms with Crippen LogP contribution in [0.5, 0.6) is 5.75 Å². The number of anilines is 1. The number of nitrogens with zero attached hydrogens (tertiary/aromatic N) is 1. The molecule has 1 atom stereocenters. The molecular weight excluding hydrogens is 324 g/mol. The maximum absolute atomic E-state index is 12.6. The molecule has 0 aromatic heterocycles. The molecule has 1 amide bonds. The molecule has 2 aromatic carbocycles. The molecule has 2 aromatic rings. The first-order chi connectivity index (χ1) is 12.6. The molecule has 1 aliphatic heterocycles. The average molecular weight is 352 g/mol. The number of hydrogen-bond acceptors (Lipinski definition) is 3. The van der Waals surface area contributed by atoms with E-state index < -0.39 is 0 Å². The van der Waals surface area contributed by atoms with Crippen molar-refractivity contribution in [1.29, 1.82) is 0 Å². The van der Waals surface area contributed by atoms with Gasteiger partial charge >= 0.3 is 0 Å². The number of likely N-dealkylation sites (tertiary alicyclic amines) is 1. The molecule has 4 heteroatoms. The predicted molar refractivity (Wildman–Crippen MR) is 106 cm³/mol. The molecule has 138 valence electrons. The molecule has 3 rings (SSSR count). The van der Waals surface area contributed by atoms with Crippen LogP contribution in [-0.2, 0) is 4.79 Å². The zero-order chi connectivity index (χ0) is 18.5. The van der Waals surface area contributed by atoms with Crippen molar-refractivity contribution in [3.05, 3.63) is 48.5 Å². The number of piperidine rings is 1. The van der Waals surface area contributed by atoms with Crippen molar-refractivity contribution < 1.29 is 9.53 Å². The Hall–Kier alpha value is -2.33. The largest absolute Gasteiger partial charge is 0.497 e. The van der Waals surface area contributed by atoms with Crippen molar-refractivity contribution >= 4 is 11.6 Å². The molecule has 0 spiro atoms. The van der Waals surface area contributed by atoms with E-state index >= 15 is 0 Å². The van der Waals surface area contributed by atoms with Crippen LogP contribution < -0.4 is 10.1 Å². The highest BCUT2D eigenvalue weighted by atomic mass is 16.5. The predicted octanol–water partition coefficient (Wildman–Crippen LogP) is 4.42. The molecule has 0 radical (unpaired) electrons. The lowest BCUT2D eigenvalue weighted by atomic mass is 9.96. The van der Waals surface area contributed by atoms with E-state index in [4.69, 9.17) is 4.74 Å². The SMILES string of the molecule is COc1cccc(-c2ccc(NC(=O)[C@@H]3CCCN(C(C)C)C3)cc2)c1. The Morgan fingerprint density at radius 2 is 1.92 bits per heavy atom. The lowest BCUT2D eigenvalue weighted by Gasteiger charge is -2.34. The first-order valence-electron chi connectivity index (χ1n) is 9.36. The summed E-state index contributed by atoms with van der Waals surface area (Å²) in [5.41, 5.74) is 3.05. The smallest absolute Gasteiger partial charge is 0.228 e. The van der Waals surface area contributed by atoms with E-state index in [9.17, 15) is 4.79 Å². The molecule has 0 unspecified atom stereocenters. The minimum absolute atomic E-state index is 0.0733. The lowest BCUT2D eigenvalue weighted by molar-refractivity contribution is -0.121. The molecule has 0 saturated carbocycles. The van der Waals surface area contributed by atoms with E-state index in [1.54, 1.807) is 7.11 Å². The van der Waals surface area contributed by atoms with Gasteiger partial charge in [0, 0.05) is 18.3 Å². The van der Waals surface area contributed by atoms with Crippen molar-refractivity contribution in [3.8, 4) is 16.9 Å². The number of hydrogen-bond donors (Lipinski definition) is 1. The van der Waals surface area contributed by atoms with Gasteiger partial charge in [-0.05, 0) is 68.6 Å². The molecule has 1 heterocycles. The normalized spacial score (nSPS) is 17.9. The van der Waals surface area contributed by atoms with Gasteiger partial charge in [-0.3, -0.25) is 4.79 Å². The summed E-state index contributed by atoms with van der Waals surface area (Å²) in [7, 11) is 1.67. The monoisotopic (exact) mass is 352 g/mol. The first kappa shape index (κ1) is 18.5. The highest BCUT2D eigenvalue weighted by molar-refractivity contribution is 5.93. The Morgan fingerprint density at radius 3 is 2.62 bits per heavy atom. The van der Waals surface area contributed by atoms with Gasteiger partial charge in [0.1, 0.15) is 5.75 Å². The Morgan fingerprint density at radius 1 is 1.15 bits per heavy atom. The van der Waals surface area contributed by atoms with Crippen LogP contribution in [0.3, 0.4) is 0 Å². The molecule has 0 aliphatic carbocycles. The van der Waals surface area contributed by atoms with E-state index in [2.05, 4.69) is 30.1 Å². The summed E-state index contributed by atoms with van der Waals surface area (Å²) >= 11 is 0. The Labute approximate surface area is 156 Å². The number of ether oxygens (including phenoxy) is 1. The topological polar surface area (TPSA) is 41.6 Å². The molecule has 26 heavy (non-hydrogen) atoms. The van der Waals surface area contributed by atoms with Crippen LogP contribution in [-0.4, -0.2) is 37.0 Å². The second-order valence-electron chi connectivity index (χ2n) is 7.23. The summed E-state index contributed by atoms with van der Waals surface area (Å²) in [4.78, 5) is 15.0. The summed E-state index contributed by atoms with van der Waals surface area (Å²) in [5.74, 6) is 1.04. The molecular formula is C22H28N2O2. The number of methoxy groups -OCH3 is 1. The molecule has 1 aliphatic rings. The van der Waals surface area contributed by atoms with Crippen LogP contribution in [0.1, 0.15) is 26.7 Å². The number of carbonyl (C=O) groups excluding carboxylic acids is 1. The zero-order valence-electron chi connectivity index (χ0n) is 15.9. The highest BCUT2D eigenvalue weighted by Crippen LogP contribution is 2.26. The van der Waals surface area contributed by atoms with Gasteiger partial charge in [0.2, 0.25) is 5.91 Å². The van der Waals surface area contributed by atoms with Gasteiger partial charge in [-0.1, -0.05) is 24.3 Å². The third kappa shape index (κ3) is 4.44. The standard InChI is InChI=1S/C22H28N2O2/c1-16(2)24-13-5-7-19(15-24)22(25)23-20-11-9-17(10-12-20)18-6-4-8-21(14-18)26-3/h4,6,8-12,14,16,19H,5,7,13,15H2,1-3H3,(H,23,25)/t19-/m1/s1. The number of benzene rings is 2. The Balaban J connectivity index is 1.64. The van der Waals surface area contributed by atoms with Crippen molar-refractivity contribution in [3.63, 3.8) is 0 Å². The second kappa shape index (κ2) is 8.37. The fourth-order valence-electron chi connectivity index (χ4n) is 3.48. The van der Waals surface area contributed by atoms with Crippen LogP contribution in [0.2, 0.25) is 0 Å². The van der Waals surface area contributed by atoms with Gasteiger partial charge in [0.15, 0.2) is 0 Å². The zero-order valence-corrected chi connectivity index (χ0v) is 15.9. The Kier molecular flexibility index (Phi) is 5.94.